The molecule has 0 aliphatic carbocycles. The van der Waals surface area contributed by atoms with E-state index in [1.807, 2.05) is 0 Å². The summed E-state index contributed by atoms with van der Waals surface area (Å²) >= 11 is 0. The molecule has 1 N–H and O–H groups in total. The Hall–Kier alpha value is -1.43. The quantitative estimate of drug-likeness (QED) is 0.815. The second-order valence-corrected chi connectivity index (χ2v) is 5.35. The first kappa shape index (κ1) is 15.9. The lowest BCUT2D eigenvalue weighted by Crippen LogP contribution is -2.26. The molecule has 1 aromatic rings. The molecule has 1 saturated heterocycles. The number of halogens is 3. The topological polar surface area (TPSA) is 24.5 Å². The van der Waals surface area contributed by atoms with E-state index in [1.165, 1.54) is 12.1 Å². The van der Waals surface area contributed by atoms with Crippen LogP contribution in [0.3, 0.4) is 0 Å². The molecule has 0 saturated carbocycles. The normalized spacial score (nSPS) is 19.0. The number of rotatable bonds is 6. The summed E-state index contributed by atoms with van der Waals surface area (Å²) < 4.78 is 40.2. The highest BCUT2D eigenvalue weighted by Crippen LogP contribution is 2.28. The van der Waals surface area contributed by atoms with Crippen LogP contribution in [-0.4, -0.2) is 32.5 Å². The Balaban J connectivity index is 1.85. The molecule has 0 aromatic heterocycles. The fourth-order valence-electron chi connectivity index (χ4n) is 2.58. The molecule has 1 aliphatic heterocycles. The lowest BCUT2D eigenvalue weighted by atomic mass is 10.1. The summed E-state index contributed by atoms with van der Waals surface area (Å²) in [7, 11) is 0. The Kier molecular flexibility index (Phi) is 5.33. The zero-order valence-corrected chi connectivity index (χ0v) is 12.1. The van der Waals surface area contributed by atoms with Crippen LogP contribution in [0.15, 0.2) is 24.3 Å². The maximum absolute atomic E-state index is 12.1. The van der Waals surface area contributed by atoms with Gasteiger partial charge in [0.25, 0.3) is 0 Å². The molecule has 1 atom stereocenters. The summed E-state index contributed by atoms with van der Waals surface area (Å²) in [4.78, 5) is 2.20. The number of anilines is 1. The molecule has 1 heterocycles. The van der Waals surface area contributed by atoms with Gasteiger partial charge < -0.3 is 15.0 Å². The van der Waals surface area contributed by atoms with E-state index < -0.39 is 6.36 Å². The van der Waals surface area contributed by atoms with Crippen LogP contribution in [-0.2, 0) is 0 Å². The maximum atomic E-state index is 12.1. The van der Waals surface area contributed by atoms with E-state index in [0.717, 1.165) is 44.7 Å². The number of nitrogens with zero attached hydrogens (tertiary/aromatic N) is 1. The second kappa shape index (κ2) is 7.02. The fourth-order valence-corrected chi connectivity index (χ4v) is 2.58. The zero-order valence-electron chi connectivity index (χ0n) is 12.1. The van der Waals surface area contributed by atoms with Gasteiger partial charge in [-0.1, -0.05) is 6.92 Å². The van der Waals surface area contributed by atoms with Gasteiger partial charge in [0, 0.05) is 18.8 Å². The summed E-state index contributed by atoms with van der Waals surface area (Å²) in [6.07, 6.45) is -2.40. The predicted molar refractivity (Wildman–Crippen MR) is 76.6 cm³/mol. The molecule has 1 fully saturated rings. The van der Waals surface area contributed by atoms with Crippen molar-refractivity contribution in [2.45, 2.75) is 26.1 Å². The van der Waals surface area contributed by atoms with E-state index in [1.54, 1.807) is 12.1 Å². The van der Waals surface area contributed by atoms with Crippen LogP contribution < -0.4 is 15.0 Å². The van der Waals surface area contributed by atoms with E-state index in [4.69, 9.17) is 0 Å². The molecular formula is C15H21F3N2O. The minimum Gasteiger partial charge on any atom is -0.406 e. The molecule has 1 aromatic carbocycles. The fraction of sp³-hybridized carbons (Fsp3) is 0.600. The third-order valence-corrected chi connectivity index (χ3v) is 3.58. The van der Waals surface area contributed by atoms with Crippen molar-refractivity contribution in [3.05, 3.63) is 24.3 Å². The van der Waals surface area contributed by atoms with Gasteiger partial charge in [0.15, 0.2) is 0 Å². The van der Waals surface area contributed by atoms with Gasteiger partial charge in [0.1, 0.15) is 5.75 Å². The van der Waals surface area contributed by atoms with Gasteiger partial charge in [0.2, 0.25) is 0 Å². The number of hydrogen-bond donors (Lipinski definition) is 1. The summed E-state index contributed by atoms with van der Waals surface area (Å²) in [5.74, 6) is 0.425. The predicted octanol–water partition coefficient (Wildman–Crippen LogP) is 3.41. The van der Waals surface area contributed by atoms with Gasteiger partial charge in [-0.2, -0.15) is 0 Å². The highest BCUT2D eigenvalue weighted by molar-refractivity contribution is 5.49. The minimum absolute atomic E-state index is 0.174. The number of ether oxygens (including phenoxy) is 1. The standard InChI is InChI=1S/C15H21F3N2O/c1-2-8-19-10-12-7-9-20(11-12)13-3-5-14(6-4-13)21-15(16,17)18/h3-6,12,19H,2,7-11H2,1H3. The molecule has 0 spiro atoms. The van der Waals surface area contributed by atoms with Gasteiger partial charge in [-0.25, -0.2) is 0 Å². The molecule has 1 aliphatic rings. The third-order valence-electron chi connectivity index (χ3n) is 3.58. The highest BCUT2D eigenvalue weighted by Gasteiger charge is 2.31. The first-order chi connectivity index (χ1) is 9.98. The van der Waals surface area contributed by atoms with Crippen molar-refractivity contribution >= 4 is 5.69 Å². The average Bonchev–Trinajstić information content (AvgIpc) is 2.87. The monoisotopic (exact) mass is 302 g/mol. The lowest BCUT2D eigenvalue weighted by molar-refractivity contribution is -0.274. The number of benzene rings is 1. The van der Waals surface area contributed by atoms with E-state index in [0.29, 0.717) is 5.92 Å². The van der Waals surface area contributed by atoms with Crippen molar-refractivity contribution in [1.82, 2.24) is 5.32 Å². The van der Waals surface area contributed by atoms with E-state index in [-0.39, 0.29) is 5.75 Å². The average molecular weight is 302 g/mol. The molecule has 0 bridgehead atoms. The van der Waals surface area contributed by atoms with Crippen molar-refractivity contribution in [3.8, 4) is 5.75 Å². The molecule has 6 heteroatoms. The van der Waals surface area contributed by atoms with Gasteiger partial charge in [0.05, 0.1) is 0 Å². The first-order valence-electron chi connectivity index (χ1n) is 7.29. The van der Waals surface area contributed by atoms with Gasteiger partial charge in [-0.3, -0.25) is 0 Å². The summed E-state index contributed by atoms with van der Waals surface area (Å²) in [6, 6.07) is 6.10. The summed E-state index contributed by atoms with van der Waals surface area (Å²) in [6.45, 7) is 6.05. The molecule has 0 radical (unpaired) electrons. The van der Waals surface area contributed by atoms with Crippen LogP contribution >= 0.6 is 0 Å². The Labute approximate surface area is 123 Å². The van der Waals surface area contributed by atoms with E-state index in [9.17, 15) is 13.2 Å². The Bertz CT molecular complexity index is 434. The summed E-state index contributed by atoms with van der Waals surface area (Å²) in [5, 5.41) is 3.41. The lowest BCUT2D eigenvalue weighted by Gasteiger charge is -2.19. The molecule has 118 valence electrons. The molecule has 21 heavy (non-hydrogen) atoms. The van der Waals surface area contributed by atoms with Crippen molar-refractivity contribution in [1.29, 1.82) is 0 Å². The Morgan fingerprint density at radius 3 is 2.62 bits per heavy atom. The van der Waals surface area contributed by atoms with Crippen molar-refractivity contribution < 1.29 is 17.9 Å². The molecule has 0 amide bonds. The molecule has 3 nitrogen and oxygen atoms in total. The van der Waals surface area contributed by atoms with Crippen LogP contribution in [0.1, 0.15) is 19.8 Å². The zero-order chi connectivity index (χ0) is 15.3. The minimum atomic E-state index is -4.63. The largest absolute Gasteiger partial charge is 0.573 e. The number of nitrogens with one attached hydrogen (secondary N) is 1. The maximum Gasteiger partial charge on any atom is 0.573 e. The molecule has 2 rings (SSSR count). The van der Waals surface area contributed by atoms with Crippen LogP contribution in [0.4, 0.5) is 18.9 Å². The highest BCUT2D eigenvalue weighted by atomic mass is 19.4. The second-order valence-electron chi connectivity index (χ2n) is 5.35. The Morgan fingerprint density at radius 1 is 1.29 bits per heavy atom. The van der Waals surface area contributed by atoms with E-state index in [2.05, 4.69) is 21.9 Å². The van der Waals surface area contributed by atoms with Gasteiger partial charge in [-0.05, 0) is 56.1 Å². The molecular weight excluding hydrogens is 281 g/mol. The third kappa shape index (κ3) is 5.12. The van der Waals surface area contributed by atoms with Crippen molar-refractivity contribution in [2.75, 3.05) is 31.1 Å². The van der Waals surface area contributed by atoms with Crippen molar-refractivity contribution in [2.24, 2.45) is 5.92 Å². The first-order valence-corrected chi connectivity index (χ1v) is 7.29. The smallest absolute Gasteiger partial charge is 0.406 e. The number of alkyl halides is 3. The van der Waals surface area contributed by atoms with Gasteiger partial charge >= 0.3 is 6.36 Å². The summed E-state index contributed by atoms with van der Waals surface area (Å²) in [5.41, 5.74) is 0.947. The Morgan fingerprint density at radius 2 is 2.00 bits per heavy atom. The van der Waals surface area contributed by atoms with Crippen LogP contribution in [0, 0.1) is 5.92 Å². The number of hydrogen-bond acceptors (Lipinski definition) is 3. The van der Waals surface area contributed by atoms with Crippen LogP contribution in [0.5, 0.6) is 5.75 Å². The van der Waals surface area contributed by atoms with Crippen LogP contribution in [0.25, 0.3) is 0 Å². The van der Waals surface area contributed by atoms with E-state index >= 15 is 0 Å². The van der Waals surface area contributed by atoms with Crippen molar-refractivity contribution in [3.63, 3.8) is 0 Å². The van der Waals surface area contributed by atoms with Gasteiger partial charge in [-0.15, -0.1) is 13.2 Å². The molecule has 1 unspecified atom stereocenters. The van der Waals surface area contributed by atoms with Crippen LogP contribution in [0.2, 0.25) is 0 Å². The SMILES string of the molecule is CCCNCC1CCN(c2ccc(OC(F)(F)F)cc2)C1.